The minimum Gasteiger partial charge on any atom is -0.344 e. The van der Waals surface area contributed by atoms with Gasteiger partial charge in [0, 0.05) is 25.2 Å². The molecule has 1 aliphatic rings. The van der Waals surface area contributed by atoms with Crippen LogP contribution in [0, 0.1) is 0 Å². The van der Waals surface area contributed by atoms with Crippen molar-refractivity contribution in [2.45, 2.75) is 69.9 Å². The fraction of sp³-hybridized carbons (Fsp3) is 0.480. The first-order chi connectivity index (χ1) is 15.2. The maximum Gasteiger partial charge on any atom is 0.315 e. The lowest BCUT2D eigenvalue weighted by molar-refractivity contribution is -0.121. The van der Waals surface area contributed by atoms with Crippen LogP contribution in [0.5, 0.6) is 0 Å². The van der Waals surface area contributed by atoms with E-state index in [4.69, 9.17) is 0 Å². The van der Waals surface area contributed by atoms with Gasteiger partial charge in [-0.3, -0.25) is 9.78 Å². The Balaban J connectivity index is 1.34. The molecule has 0 radical (unpaired) electrons. The molecule has 0 saturated heterocycles. The van der Waals surface area contributed by atoms with E-state index in [1.165, 1.54) is 19.3 Å². The Morgan fingerprint density at radius 2 is 1.71 bits per heavy atom. The van der Waals surface area contributed by atoms with Crippen molar-refractivity contribution < 1.29 is 9.59 Å². The molecular formula is C25H34N4O2. The second kappa shape index (κ2) is 12.7. The molecule has 2 aromatic rings. The normalized spacial score (nSPS) is 15.1. The van der Waals surface area contributed by atoms with Crippen molar-refractivity contribution in [2.75, 3.05) is 6.54 Å². The molecule has 1 aliphatic carbocycles. The molecule has 6 heteroatoms. The van der Waals surface area contributed by atoms with Gasteiger partial charge in [0.15, 0.2) is 0 Å². The molecule has 1 unspecified atom stereocenters. The molecule has 1 aromatic carbocycles. The lowest BCUT2D eigenvalue weighted by atomic mass is 9.96. The first kappa shape index (κ1) is 22.8. The van der Waals surface area contributed by atoms with Gasteiger partial charge in [0.25, 0.3) is 0 Å². The van der Waals surface area contributed by atoms with Gasteiger partial charge >= 0.3 is 6.03 Å². The molecule has 3 rings (SSSR count). The van der Waals surface area contributed by atoms with E-state index in [-0.39, 0.29) is 18.0 Å². The van der Waals surface area contributed by atoms with E-state index < -0.39 is 0 Å². The number of nitrogens with zero attached hydrogens (tertiary/aromatic N) is 1. The minimum atomic E-state index is -0.250. The average Bonchev–Trinajstić information content (AvgIpc) is 2.81. The van der Waals surface area contributed by atoms with Crippen LogP contribution in [0.1, 0.15) is 75.1 Å². The molecule has 166 valence electrons. The Hall–Kier alpha value is -2.89. The highest BCUT2D eigenvalue weighted by molar-refractivity contribution is 5.77. The van der Waals surface area contributed by atoms with Gasteiger partial charge in [0.1, 0.15) is 0 Å². The molecular weight excluding hydrogens is 388 g/mol. The molecule has 0 aliphatic heterocycles. The van der Waals surface area contributed by atoms with Gasteiger partial charge in [0.2, 0.25) is 5.91 Å². The van der Waals surface area contributed by atoms with Crippen molar-refractivity contribution in [1.82, 2.24) is 20.9 Å². The quantitative estimate of drug-likeness (QED) is 0.494. The second-order valence-corrected chi connectivity index (χ2v) is 8.21. The zero-order chi connectivity index (χ0) is 21.7. The van der Waals surface area contributed by atoms with Crippen LogP contribution in [0.2, 0.25) is 0 Å². The maximum absolute atomic E-state index is 12.5. The first-order valence-corrected chi connectivity index (χ1v) is 11.5. The molecule has 3 amide bonds. The summed E-state index contributed by atoms with van der Waals surface area (Å²) >= 11 is 0. The van der Waals surface area contributed by atoms with Crippen molar-refractivity contribution in [3.05, 3.63) is 66.0 Å². The molecule has 1 fully saturated rings. The zero-order valence-corrected chi connectivity index (χ0v) is 18.2. The van der Waals surface area contributed by atoms with Gasteiger partial charge in [-0.25, -0.2) is 4.79 Å². The monoisotopic (exact) mass is 422 g/mol. The number of benzene rings is 1. The number of urea groups is 1. The SMILES string of the molecule is O=C(CCCCCNC(=O)NC1CCCCC1)NC(c1ccccc1)c1ccccn1. The number of unbranched alkanes of at least 4 members (excludes halogenated alkanes) is 2. The van der Waals surface area contributed by atoms with Crippen LogP contribution in [-0.4, -0.2) is 29.5 Å². The van der Waals surface area contributed by atoms with Gasteiger partial charge in [-0.05, 0) is 43.4 Å². The predicted molar refractivity (Wildman–Crippen MR) is 123 cm³/mol. The first-order valence-electron chi connectivity index (χ1n) is 11.5. The molecule has 1 aromatic heterocycles. The highest BCUT2D eigenvalue weighted by Gasteiger charge is 2.18. The van der Waals surface area contributed by atoms with Gasteiger partial charge < -0.3 is 16.0 Å². The lowest BCUT2D eigenvalue weighted by Gasteiger charge is -2.22. The molecule has 0 bridgehead atoms. The van der Waals surface area contributed by atoms with Crippen molar-refractivity contribution in [3.63, 3.8) is 0 Å². The van der Waals surface area contributed by atoms with Crippen molar-refractivity contribution in [2.24, 2.45) is 0 Å². The highest BCUT2D eigenvalue weighted by atomic mass is 16.2. The summed E-state index contributed by atoms with van der Waals surface area (Å²) in [6, 6.07) is 15.7. The number of amides is 3. The largest absolute Gasteiger partial charge is 0.344 e. The number of rotatable bonds is 10. The maximum atomic E-state index is 12.5. The predicted octanol–water partition coefficient (Wildman–Crippen LogP) is 4.48. The lowest BCUT2D eigenvalue weighted by Crippen LogP contribution is -2.43. The molecule has 31 heavy (non-hydrogen) atoms. The third kappa shape index (κ3) is 8.04. The topological polar surface area (TPSA) is 83.1 Å². The molecule has 6 nitrogen and oxygen atoms in total. The van der Waals surface area contributed by atoms with E-state index in [0.29, 0.717) is 19.0 Å². The Bertz CT molecular complexity index is 752. The number of carbonyl (C=O) groups excluding carboxylic acids is 2. The van der Waals surface area contributed by atoms with Gasteiger partial charge in [-0.1, -0.05) is 62.1 Å². The fourth-order valence-electron chi connectivity index (χ4n) is 4.03. The molecule has 1 heterocycles. The van der Waals surface area contributed by atoms with Crippen molar-refractivity contribution >= 4 is 11.9 Å². The number of carbonyl (C=O) groups is 2. The number of aromatic nitrogens is 1. The molecule has 1 saturated carbocycles. The number of nitrogens with one attached hydrogen (secondary N) is 3. The molecule has 0 spiro atoms. The Labute approximate surface area is 185 Å². The zero-order valence-electron chi connectivity index (χ0n) is 18.2. The number of pyridine rings is 1. The second-order valence-electron chi connectivity index (χ2n) is 8.21. The summed E-state index contributed by atoms with van der Waals surface area (Å²) in [4.78, 5) is 28.9. The van der Waals surface area contributed by atoms with Crippen LogP contribution in [0.4, 0.5) is 4.79 Å². The van der Waals surface area contributed by atoms with E-state index in [1.54, 1.807) is 6.20 Å². The Morgan fingerprint density at radius 3 is 2.45 bits per heavy atom. The third-order valence-electron chi connectivity index (χ3n) is 5.73. The van der Waals surface area contributed by atoms with E-state index in [9.17, 15) is 9.59 Å². The van der Waals surface area contributed by atoms with Crippen LogP contribution in [0.25, 0.3) is 0 Å². The fourth-order valence-corrected chi connectivity index (χ4v) is 4.03. The van der Waals surface area contributed by atoms with Crippen LogP contribution >= 0.6 is 0 Å². The molecule has 1 atom stereocenters. The Morgan fingerprint density at radius 1 is 0.935 bits per heavy atom. The van der Waals surface area contributed by atoms with Crippen molar-refractivity contribution in [1.29, 1.82) is 0 Å². The van der Waals surface area contributed by atoms with Crippen LogP contribution in [0.3, 0.4) is 0 Å². The minimum absolute atomic E-state index is 0.0162. The summed E-state index contributed by atoms with van der Waals surface area (Å²) in [5.74, 6) is 0.0162. The number of hydrogen-bond donors (Lipinski definition) is 3. The van der Waals surface area contributed by atoms with Gasteiger partial charge in [-0.15, -0.1) is 0 Å². The summed E-state index contributed by atoms with van der Waals surface area (Å²) in [6.45, 7) is 0.640. The van der Waals surface area contributed by atoms with E-state index >= 15 is 0 Å². The Kier molecular flexibility index (Phi) is 9.35. The van der Waals surface area contributed by atoms with E-state index in [1.807, 2.05) is 48.5 Å². The summed E-state index contributed by atoms with van der Waals surface area (Å²) in [7, 11) is 0. The highest BCUT2D eigenvalue weighted by Crippen LogP contribution is 2.20. The third-order valence-corrected chi connectivity index (χ3v) is 5.73. The number of hydrogen-bond acceptors (Lipinski definition) is 3. The van der Waals surface area contributed by atoms with Gasteiger partial charge in [-0.2, -0.15) is 0 Å². The summed E-state index contributed by atoms with van der Waals surface area (Å²) < 4.78 is 0. The standard InChI is InChI=1S/C25H34N4O2/c30-23(17-8-3-10-19-27-25(31)28-21-14-6-2-7-15-21)29-24(20-12-4-1-5-13-20)22-16-9-11-18-26-22/h1,4-5,9,11-13,16,18,21,24H,2-3,6-8,10,14-15,17,19H2,(H,29,30)(H2,27,28,31). The summed E-state index contributed by atoms with van der Waals surface area (Å²) in [5, 5.41) is 9.12. The van der Waals surface area contributed by atoms with E-state index in [2.05, 4.69) is 20.9 Å². The van der Waals surface area contributed by atoms with Crippen LogP contribution < -0.4 is 16.0 Å². The summed E-state index contributed by atoms with van der Waals surface area (Å²) in [5.41, 5.74) is 1.85. The van der Waals surface area contributed by atoms with Gasteiger partial charge in [0.05, 0.1) is 11.7 Å². The smallest absolute Gasteiger partial charge is 0.315 e. The molecule has 3 N–H and O–H groups in total. The van der Waals surface area contributed by atoms with Crippen LogP contribution in [0.15, 0.2) is 54.7 Å². The average molecular weight is 423 g/mol. The van der Waals surface area contributed by atoms with E-state index in [0.717, 1.165) is 43.4 Å². The van der Waals surface area contributed by atoms with Crippen molar-refractivity contribution in [3.8, 4) is 0 Å². The van der Waals surface area contributed by atoms with Crippen LogP contribution in [-0.2, 0) is 4.79 Å². The summed E-state index contributed by atoms with van der Waals surface area (Å²) in [6.07, 6.45) is 10.6.